The first kappa shape index (κ1) is 44.5. The van der Waals surface area contributed by atoms with Crippen molar-refractivity contribution in [3.8, 4) is 33.4 Å². The van der Waals surface area contributed by atoms with Crippen molar-refractivity contribution < 1.29 is 4.42 Å². The fourth-order valence-corrected chi connectivity index (χ4v) is 10.4. The molecule has 0 amide bonds. The molecule has 0 radical (unpaired) electrons. The summed E-state index contributed by atoms with van der Waals surface area (Å²) >= 11 is 0. The molecule has 0 N–H and O–H groups in total. The van der Waals surface area contributed by atoms with Crippen molar-refractivity contribution in [2.75, 3.05) is 9.80 Å². The van der Waals surface area contributed by atoms with Crippen LogP contribution in [0.15, 0.2) is 247 Å². The van der Waals surface area contributed by atoms with Gasteiger partial charge in [0.1, 0.15) is 11.2 Å². The third kappa shape index (κ3) is 8.37. The fraction of sp³-hybridized carbons (Fsp3) is 0.101. The van der Waals surface area contributed by atoms with Crippen molar-refractivity contribution in [2.24, 2.45) is 0 Å². The minimum Gasteiger partial charge on any atom is -0.456 e. The Hall–Kier alpha value is -8.66. The largest absolute Gasteiger partial charge is 0.456 e. The monoisotopic (exact) mass is 928 g/mol. The minimum absolute atomic E-state index is 0.0787. The second-order valence-electron chi connectivity index (χ2n) is 20.4. The second kappa shape index (κ2) is 18.3. The van der Waals surface area contributed by atoms with Crippen molar-refractivity contribution >= 4 is 77.6 Å². The van der Waals surface area contributed by atoms with Gasteiger partial charge in [-0.1, -0.05) is 192 Å². The maximum Gasteiger partial charge on any atom is 0.136 e. The Balaban J connectivity index is 0.949. The molecule has 0 unspecified atom stereocenters. The van der Waals surface area contributed by atoms with Gasteiger partial charge in [0.25, 0.3) is 0 Å². The topological polar surface area (TPSA) is 19.6 Å². The van der Waals surface area contributed by atoms with Gasteiger partial charge in [-0.25, -0.2) is 0 Å². The highest BCUT2D eigenvalue weighted by atomic mass is 16.3. The molecule has 0 aliphatic heterocycles. The molecule has 3 nitrogen and oxygen atoms in total. The van der Waals surface area contributed by atoms with Crippen LogP contribution in [0.3, 0.4) is 0 Å². The van der Waals surface area contributed by atoms with Gasteiger partial charge in [-0.3, -0.25) is 0 Å². The van der Waals surface area contributed by atoms with E-state index in [-0.39, 0.29) is 5.41 Å². The van der Waals surface area contributed by atoms with Crippen LogP contribution in [0.4, 0.5) is 34.1 Å². The third-order valence-electron chi connectivity index (χ3n) is 14.4. The predicted octanol–water partition coefficient (Wildman–Crippen LogP) is 20.3. The quantitative estimate of drug-likeness (QED) is 0.136. The Labute approximate surface area is 422 Å². The summed E-state index contributed by atoms with van der Waals surface area (Å²) in [5.41, 5.74) is 18.1. The smallest absolute Gasteiger partial charge is 0.136 e. The van der Waals surface area contributed by atoms with Gasteiger partial charge in [0.15, 0.2) is 0 Å². The molecule has 12 aromatic rings. The molecule has 0 saturated heterocycles. The van der Waals surface area contributed by atoms with Crippen LogP contribution >= 0.6 is 0 Å². The minimum atomic E-state index is 0.0787. The summed E-state index contributed by atoms with van der Waals surface area (Å²) in [7, 11) is 0. The summed E-state index contributed by atoms with van der Waals surface area (Å²) in [5.74, 6) is 0.463. The number of hydrogen-bond acceptors (Lipinski definition) is 3. The van der Waals surface area contributed by atoms with Crippen molar-refractivity contribution in [3.05, 3.63) is 254 Å². The summed E-state index contributed by atoms with van der Waals surface area (Å²) < 4.78 is 6.85. The summed E-state index contributed by atoms with van der Waals surface area (Å²) in [6.45, 7) is 11.3. The molecule has 3 heteroatoms. The summed E-state index contributed by atoms with van der Waals surface area (Å²) in [5, 5.41) is 6.77. The molecule has 0 aliphatic rings. The Kier molecular flexibility index (Phi) is 11.3. The van der Waals surface area contributed by atoms with E-state index in [2.05, 4.69) is 287 Å². The molecule has 11 aromatic carbocycles. The maximum absolute atomic E-state index is 6.85. The lowest BCUT2D eigenvalue weighted by atomic mass is 9.86. The number of rotatable bonds is 10. The number of nitrogens with zero attached hydrogens (tertiary/aromatic N) is 2. The van der Waals surface area contributed by atoms with Crippen LogP contribution in [0.1, 0.15) is 51.7 Å². The van der Waals surface area contributed by atoms with Crippen LogP contribution in [0.25, 0.3) is 76.9 Å². The predicted molar refractivity (Wildman–Crippen MR) is 307 cm³/mol. The molecule has 0 aliphatic carbocycles. The summed E-state index contributed by atoms with van der Waals surface area (Å²) in [6.07, 6.45) is 0. The Morgan fingerprint density at radius 2 is 0.764 bits per heavy atom. The summed E-state index contributed by atoms with van der Waals surface area (Å²) in [4.78, 5) is 4.77. The number of para-hydroxylation sites is 3. The van der Waals surface area contributed by atoms with Crippen LogP contribution in [-0.4, -0.2) is 0 Å². The highest BCUT2D eigenvalue weighted by Crippen LogP contribution is 2.45. The Morgan fingerprint density at radius 1 is 0.347 bits per heavy atom. The van der Waals surface area contributed by atoms with E-state index in [0.717, 1.165) is 77.6 Å². The zero-order valence-electron chi connectivity index (χ0n) is 41.5. The molecule has 0 fully saturated rings. The molecule has 1 aromatic heterocycles. The normalized spacial score (nSPS) is 11.8. The zero-order valence-corrected chi connectivity index (χ0v) is 41.5. The third-order valence-corrected chi connectivity index (χ3v) is 14.4. The van der Waals surface area contributed by atoms with E-state index in [0.29, 0.717) is 5.92 Å². The molecule has 0 atom stereocenters. The molecule has 12 rings (SSSR count). The van der Waals surface area contributed by atoms with Gasteiger partial charge in [0, 0.05) is 44.6 Å². The maximum atomic E-state index is 6.85. The molecule has 0 saturated carbocycles. The van der Waals surface area contributed by atoms with E-state index in [1.54, 1.807) is 0 Å². The van der Waals surface area contributed by atoms with Crippen molar-refractivity contribution in [1.29, 1.82) is 0 Å². The Bertz CT molecular complexity index is 3900. The van der Waals surface area contributed by atoms with Crippen LogP contribution in [-0.2, 0) is 5.41 Å². The highest BCUT2D eigenvalue weighted by molar-refractivity contribution is 6.14. The number of furan rings is 1. The van der Waals surface area contributed by atoms with Crippen LogP contribution < -0.4 is 9.80 Å². The number of fused-ring (bicyclic) bond motifs is 5. The van der Waals surface area contributed by atoms with Gasteiger partial charge in [0.2, 0.25) is 0 Å². The SMILES string of the molecule is CC(C)c1ccc(-c2ccccc2N(c2ccc(-c3ccccc3)cc2)c2ccc3cc4c(cc3c2)oc2cc3cc(N(c5ccccc5)c5ccccc5-c5ccc(C(C)(C)C)cc5)ccc3cc24)cc1. The molecular weight excluding hydrogens is 873 g/mol. The van der Waals surface area contributed by atoms with E-state index >= 15 is 0 Å². The van der Waals surface area contributed by atoms with Crippen LogP contribution in [0, 0.1) is 0 Å². The Morgan fingerprint density at radius 3 is 1.26 bits per heavy atom. The van der Waals surface area contributed by atoms with Gasteiger partial charge >= 0.3 is 0 Å². The molecule has 0 bridgehead atoms. The van der Waals surface area contributed by atoms with Crippen molar-refractivity contribution in [3.63, 3.8) is 0 Å². The van der Waals surface area contributed by atoms with E-state index in [1.165, 1.54) is 44.5 Å². The zero-order chi connectivity index (χ0) is 48.9. The standard InChI is InChI=1S/C69H56N2O/c1-46(2)47-24-26-50(27-25-47)61-20-12-15-23-66(61)71(58-36-30-49(31-37-58)48-16-8-6-9-17-48)60-39-33-53-43-64-63-42-52-32-38-59(40-54(52)44-67(63)72-68(64)45-55(53)41-60)70(57-18-10-7-11-19-57)65-22-14-13-21-62(65)51-28-34-56(35-29-51)69(3,4)5/h6-46H,1-5H3. The average molecular weight is 929 g/mol. The van der Waals surface area contributed by atoms with E-state index in [4.69, 9.17) is 4.42 Å². The fourth-order valence-electron chi connectivity index (χ4n) is 10.4. The lowest BCUT2D eigenvalue weighted by Crippen LogP contribution is -2.12. The van der Waals surface area contributed by atoms with Gasteiger partial charge < -0.3 is 14.2 Å². The summed E-state index contributed by atoms with van der Waals surface area (Å²) in [6, 6.07) is 88.5. The van der Waals surface area contributed by atoms with Gasteiger partial charge in [-0.15, -0.1) is 0 Å². The first-order valence-corrected chi connectivity index (χ1v) is 25.2. The second-order valence-corrected chi connectivity index (χ2v) is 20.4. The van der Waals surface area contributed by atoms with Crippen molar-refractivity contribution in [2.45, 2.75) is 46.0 Å². The van der Waals surface area contributed by atoms with E-state index in [1.807, 2.05) is 0 Å². The molecule has 1 heterocycles. The van der Waals surface area contributed by atoms with Gasteiger partial charge in [-0.2, -0.15) is 0 Å². The first-order valence-electron chi connectivity index (χ1n) is 25.2. The van der Waals surface area contributed by atoms with E-state index < -0.39 is 0 Å². The number of hydrogen-bond donors (Lipinski definition) is 0. The van der Waals surface area contributed by atoms with Crippen LogP contribution in [0.5, 0.6) is 0 Å². The van der Waals surface area contributed by atoms with Crippen molar-refractivity contribution in [1.82, 2.24) is 0 Å². The van der Waals surface area contributed by atoms with Crippen LogP contribution in [0.2, 0.25) is 0 Å². The first-order chi connectivity index (χ1) is 35.1. The molecular formula is C69H56N2O. The highest BCUT2D eigenvalue weighted by Gasteiger charge is 2.22. The number of anilines is 6. The lowest BCUT2D eigenvalue weighted by Gasteiger charge is -2.28. The molecule has 0 spiro atoms. The number of benzene rings is 11. The average Bonchev–Trinajstić information content (AvgIpc) is 3.76. The molecule has 72 heavy (non-hydrogen) atoms. The van der Waals surface area contributed by atoms with Gasteiger partial charge in [-0.05, 0) is 151 Å². The lowest BCUT2D eigenvalue weighted by molar-refractivity contribution is 0.590. The van der Waals surface area contributed by atoms with Gasteiger partial charge in [0.05, 0.1) is 11.4 Å². The van der Waals surface area contributed by atoms with E-state index in [9.17, 15) is 0 Å². The molecule has 348 valence electrons.